The molecule has 108 valence electrons. The van der Waals surface area contributed by atoms with Gasteiger partial charge < -0.3 is 10.6 Å². The van der Waals surface area contributed by atoms with Gasteiger partial charge in [0.2, 0.25) is 5.91 Å². The summed E-state index contributed by atoms with van der Waals surface area (Å²) in [4.78, 5) is 14.3. The summed E-state index contributed by atoms with van der Waals surface area (Å²) in [5.74, 6) is 0.198. The highest BCUT2D eigenvalue weighted by atomic mass is 16.1. The van der Waals surface area contributed by atoms with E-state index in [0.29, 0.717) is 6.42 Å². The van der Waals surface area contributed by atoms with Gasteiger partial charge in [-0.05, 0) is 18.9 Å². The number of aryl methyl sites for hydroxylation is 1. The predicted octanol–water partition coefficient (Wildman–Crippen LogP) is 0.701. The van der Waals surface area contributed by atoms with Crippen molar-refractivity contribution in [2.75, 3.05) is 32.7 Å². The van der Waals surface area contributed by atoms with E-state index >= 15 is 0 Å². The molecule has 1 aromatic rings. The van der Waals surface area contributed by atoms with E-state index in [0.717, 1.165) is 39.1 Å². The molecule has 1 spiro atoms. The van der Waals surface area contributed by atoms with Crippen LogP contribution in [0.4, 0.5) is 0 Å². The smallest absolute Gasteiger partial charge is 0.222 e. The lowest BCUT2D eigenvalue weighted by atomic mass is 9.86. The summed E-state index contributed by atoms with van der Waals surface area (Å²) >= 11 is 0. The van der Waals surface area contributed by atoms with Crippen molar-refractivity contribution in [1.29, 1.82) is 0 Å². The van der Waals surface area contributed by atoms with Crippen LogP contribution < -0.4 is 10.6 Å². The molecule has 2 aliphatic rings. The molecule has 1 amide bonds. The zero-order valence-corrected chi connectivity index (χ0v) is 12.1. The van der Waals surface area contributed by atoms with Crippen LogP contribution in [0.3, 0.4) is 0 Å². The van der Waals surface area contributed by atoms with E-state index in [1.807, 2.05) is 0 Å². The number of carbonyl (C=O) groups excluding carboxylic acids is 1. The van der Waals surface area contributed by atoms with E-state index in [4.69, 9.17) is 0 Å². The van der Waals surface area contributed by atoms with Gasteiger partial charge in [0, 0.05) is 39.1 Å². The van der Waals surface area contributed by atoms with Gasteiger partial charge in [-0.25, -0.2) is 0 Å². The van der Waals surface area contributed by atoms with Crippen molar-refractivity contribution in [1.82, 2.24) is 15.5 Å². The number of rotatable bonds is 3. The molecule has 0 atom stereocenters. The van der Waals surface area contributed by atoms with Gasteiger partial charge in [0.25, 0.3) is 0 Å². The minimum atomic E-state index is 0.0608. The number of hydrogen-bond donors (Lipinski definition) is 2. The van der Waals surface area contributed by atoms with E-state index in [2.05, 4.69) is 46.7 Å². The van der Waals surface area contributed by atoms with Gasteiger partial charge in [-0.1, -0.05) is 29.8 Å². The first-order chi connectivity index (χ1) is 9.68. The average Bonchev–Trinajstić information content (AvgIpc) is 2.57. The molecular formula is C16H23N3O. The van der Waals surface area contributed by atoms with Gasteiger partial charge in [-0.3, -0.25) is 9.69 Å². The second-order valence-electron chi connectivity index (χ2n) is 6.08. The lowest BCUT2D eigenvalue weighted by Gasteiger charge is -2.49. The monoisotopic (exact) mass is 273 g/mol. The first-order valence-corrected chi connectivity index (χ1v) is 7.46. The van der Waals surface area contributed by atoms with Gasteiger partial charge in [-0.15, -0.1) is 0 Å². The normalized spacial score (nSPS) is 22.1. The van der Waals surface area contributed by atoms with Gasteiger partial charge in [-0.2, -0.15) is 0 Å². The SMILES string of the molecule is Cc1ccc(CCN2CCNC(=O)CC23CNC3)cc1. The molecule has 0 saturated carbocycles. The third-order valence-corrected chi connectivity index (χ3v) is 4.56. The summed E-state index contributed by atoms with van der Waals surface area (Å²) < 4.78 is 0. The predicted molar refractivity (Wildman–Crippen MR) is 79.7 cm³/mol. The fraction of sp³-hybridized carbons (Fsp3) is 0.562. The Hall–Kier alpha value is -1.39. The third-order valence-electron chi connectivity index (χ3n) is 4.56. The maximum absolute atomic E-state index is 11.8. The van der Waals surface area contributed by atoms with Crippen LogP contribution in [0.1, 0.15) is 17.5 Å². The molecule has 3 rings (SSSR count). The maximum Gasteiger partial charge on any atom is 0.222 e. The Labute approximate surface area is 120 Å². The summed E-state index contributed by atoms with van der Waals surface area (Å²) in [6.07, 6.45) is 1.68. The Kier molecular flexibility index (Phi) is 3.76. The molecule has 2 N–H and O–H groups in total. The van der Waals surface area contributed by atoms with Gasteiger partial charge in [0.05, 0.1) is 5.54 Å². The Morgan fingerprint density at radius 1 is 1.25 bits per heavy atom. The van der Waals surface area contributed by atoms with Crippen LogP contribution in [0, 0.1) is 6.92 Å². The Bertz CT molecular complexity index is 479. The van der Waals surface area contributed by atoms with E-state index in [1.54, 1.807) is 0 Å². The van der Waals surface area contributed by atoms with Crippen LogP contribution in [-0.4, -0.2) is 49.1 Å². The van der Waals surface area contributed by atoms with Crippen LogP contribution in [0.5, 0.6) is 0 Å². The quantitative estimate of drug-likeness (QED) is 0.852. The van der Waals surface area contributed by atoms with Crippen LogP contribution >= 0.6 is 0 Å². The number of hydrogen-bond acceptors (Lipinski definition) is 3. The van der Waals surface area contributed by atoms with E-state index in [1.165, 1.54) is 11.1 Å². The van der Waals surface area contributed by atoms with Crippen molar-refractivity contribution in [2.45, 2.75) is 25.3 Å². The molecule has 2 saturated heterocycles. The standard InChI is InChI=1S/C16H23N3O/c1-13-2-4-14(5-3-13)6-8-19-9-7-18-15(20)10-16(19)11-17-12-16/h2-5,17H,6-12H2,1H3,(H,18,20). The molecule has 0 radical (unpaired) electrons. The number of carbonyl (C=O) groups is 1. The molecule has 2 fully saturated rings. The first-order valence-electron chi connectivity index (χ1n) is 7.46. The second-order valence-corrected chi connectivity index (χ2v) is 6.08. The molecule has 20 heavy (non-hydrogen) atoms. The fourth-order valence-electron chi connectivity index (χ4n) is 3.17. The molecule has 4 nitrogen and oxygen atoms in total. The summed E-state index contributed by atoms with van der Waals surface area (Å²) in [5.41, 5.74) is 2.74. The molecule has 4 heteroatoms. The molecule has 1 aromatic carbocycles. The molecule has 0 bridgehead atoms. The Balaban J connectivity index is 1.65. The molecule has 0 aliphatic carbocycles. The Morgan fingerprint density at radius 3 is 2.65 bits per heavy atom. The van der Waals surface area contributed by atoms with E-state index in [9.17, 15) is 4.79 Å². The van der Waals surface area contributed by atoms with E-state index < -0.39 is 0 Å². The Morgan fingerprint density at radius 2 is 2.00 bits per heavy atom. The van der Waals surface area contributed by atoms with Crippen LogP contribution in [-0.2, 0) is 11.2 Å². The third kappa shape index (κ3) is 2.72. The van der Waals surface area contributed by atoms with Crippen LogP contribution in [0.2, 0.25) is 0 Å². The zero-order valence-electron chi connectivity index (χ0n) is 12.1. The van der Waals surface area contributed by atoms with Crippen LogP contribution in [0.25, 0.3) is 0 Å². The summed E-state index contributed by atoms with van der Waals surface area (Å²) in [7, 11) is 0. The summed E-state index contributed by atoms with van der Waals surface area (Å²) in [6.45, 7) is 6.75. The second kappa shape index (κ2) is 5.54. The zero-order chi connectivity index (χ0) is 14.0. The van der Waals surface area contributed by atoms with Gasteiger partial charge in [0.15, 0.2) is 0 Å². The average molecular weight is 273 g/mol. The number of amides is 1. The van der Waals surface area contributed by atoms with Crippen molar-refractivity contribution in [3.63, 3.8) is 0 Å². The minimum absolute atomic E-state index is 0.0608. The highest BCUT2D eigenvalue weighted by molar-refractivity contribution is 5.77. The number of benzene rings is 1. The summed E-state index contributed by atoms with van der Waals surface area (Å²) in [5, 5.41) is 6.33. The minimum Gasteiger partial charge on any atom is -0.355 e. The van der Waals surface area contributed by atoms with E-state index in [-0.39, 0.29) is 11.4 Å². The highest BCUT2D eigenvalue weighted by Gasteiger charge is 2.44. The van der Waals surface area contributed by atoms with Gasteiger partial charge in [0.1, 0.15) is 0 Å². The van der Waals surface area contributed by atoms with Gasteiger partial charge >= 0.3 is 0 Å². The lowest BCUT2D eigenvalue weighted by molar-refractivity contribution is -0.123. The fourth-order valence-corrected chi connectivity index (χ4v) is 3.17. The van der Waals surface area contributed by atoms with Crippen molar-refractivity contribution >= 4 is 5.91 Å². The van der Waals surface area contributed by atoms with Crippen LogP contribution in [0.15, 0.2) is 24.3 Å². The molecule has 0 unspecified atom stereocenters. The van der Waals surface area contributed by atoms with Crippen molar-refractivity contribution in [3.05, 3.63) is 35.4 Å². The largest absolute Gasteiger partial charge is 0.355 e. The first kappa shape index (κ1) is 13.6. The molecule has 2 heterocycles. The van der Waals surface area contributed by atoms with Crippen molar-refractivity contribution < 1.29 is 4.79 Å². The highest BCUT2D eigenvalue weighted by Crippen LogP contribution is 2.26. The maximum atomic E-state index is 11.8. The number of nitrogens with zero attached hydrogens (tertiary/aromatic N) is 1. The molecule has 0 aromatic heterocycles. The number of nitrogens with one attached hydrogen (secondary N) is 2. The topological polar surface area (TPSA) is 44.4 Å². The van der Waals surface area contributed by atoms with Crippen molar-refractivity contribution in [2.24, 2.45) is 0 Å². The molecule has 2 aliphatic heterocycles. The molecular weight excluding hydrogens is 250 g/mol. The lowest BCUT2D eigenvalue weighted by Crippen LogP contribution is -2.69. The summed E-state index contributed by atoms with van der Waals surface area (Å²) in [6, 6.07) is 8.76. The van der Waals surface area contributed by atoms with Crippen molar-refractivity contribution in [3.8, 4) is 0 Å².